The van der Waals surface area contributed by atoms with Crippen LogP contribution >= 0.6 is 11.6 Å². The zero-order chi connectivity index (χ0) is 33.2. The number of carbonyl (C=O) groups is 1. The number of amides is 1. The lowest BCUT2D eigenvalue weighted by molar-refractivity contribution is -0.125. The van der Waals surface area contributed by atoms with E-state index in [0.29, 0.717) is 37.7 Å². The van der Waals surface area contributed by atoms with Crippen molar-refractivity contribution in [2.45, 2.75) is 71.9 Å². The largest absolute Gasteiger partial charge is 0.489 e. The lowest BCUT2D eigenvalue weighted by Gasteiger charge is -2.41. The first kappa shape index (κ1) is 34.8. The highest BCUT2D eigenvalue weighted by Crippen LogP contribution is 2.42. The minimum atomic E-state index is -0.387. The molecule has 0 aromatic heterocycles. The van der Waals surface area contributed by atoms with Gasteiger partial charge in [-0.1, -0.05) is 87.0 Å². The topological polar surface area (TPSA) is 100 Å². The molecule has 8 heteroatoms. The van der Waals surface area contributed by atoms with Gasteiger partial charge < -0.3 is 25.7 Å². The summed E-state index contributed by atoms with van der Waals surface area (Å²) in [5.41, 5.74) is 16.9. The average Bonchev–Trinajstić information content (AvgIpc) is 3.10. The molecule has 244 valence electrons. The molecule has 4 N–H and O–H groups in total. The lowest BCUT2D eigenvalue weighted by atomic mass is 9.89. The Morgan fingerprint density at radius 2 is 1.67 bits per heavy atom. The summed E-state index contributed by atoms with van der Waals surface area (Å²) in [6.07, 6.45) is 1.17. The van der Waals surface area contributed by atoms with E-state index < -0.39 is 0 Å². The van der Waals surface area contributed by atoms with Gasteiger partial charge in [0.25, 0.3) is 0 Å². The minimum absolute atomic E-state index is 0.0847. The number of aryl methyl sites for hydroxylation is 1. The van der Waals surface area contributed by atoms with Crippen LogP contribution in [0.2, 0.25) is 5.02 Å². The Balaban J connectivity index is 0.00000116. The number of benzene rings is 4. The molecule has 0 saturated heterocycles. The normalized spacial score (nSPS) is 17.3. The molecule has 3 unspecified atom stereocenters. The Hall–Kier alpha value is -4.04. The Labute approximate surface area is 278 Å². The third-order valence-corrected chi connectivity index (χ3v) is 8.69. The number of nitrogens with zero attached hydrogens (tertiary/aromatic N) is 1. The molecule has 6 rings (SSSR count). The number of hydrogen-bond donors (Lipinski definition) is 2. The molecule has 4 aromatic rings. The van der Waals surface area contributed by atoms with Crippen molar-refractivity contribution >= 4 is 17.5 Å². The molecule has 0 bridgehead atoms. The predicted octanol–water partition coefficient (Wildman–Crippen LogP) is 7.70. The van der Waals surface area contributed by atoms with Gasteiger partial charge in [-0.2, -0.15) is 0 Å². The maximum absolute atomic E-state index is 12.6. The first-order valence-electron chi connectivity index (χ1n) is 16.0. The maximum atomic E-state index is 12.6. The molecule has 0 aliphatic carbocycles. The smallest absolute Gasteiger partial charge is 0.235 e. The fourth-order valence-electron chi connectivity index (χ4n) is 5.94. The molecule has 7 nitrogen and oxygen atoms in total. The van der Waals surface area contributed by atoms with E-state index in [9.17, 15) is 4.79 Å². The van der Waals surface area contributed by atoms with E-state index >= 15 is 0 Å². The van der Waals surface area contributed by atoms with Gasteiger partial charge in [0.2, 0.25) is 5.91 Å². The zero-order valence-electron chi connectivity index (χ0n) is 27.5. The van der Waals surface area contributed by atoms with Gasteiger partial charge in [0, 0.05) is 17.6 Å². The van der Waals surface area contributed by atoms with E-state index in [2.05, 4.69) is 35.8 Å². The molecule has 4 aromatic carbocycles. The van der Waals surface area contributed by atoms with Crippen molar-refractivity contribution in [1.82, 2.24) is 4.90 Å². The predicted molar refractivity (Wildman–Crippen MR) is 185 cm³/mol. The van der Waals surface area contributed by atoms with Gasteiger partial charge in [0.1, 0.15) is 19.0 Å². The first-order chi connectivity index (χ1) is 22.4. The Bertz CT molecular complexity index is 1580. The fourth-order valence-corrected chi connectivity index (χ4v) is 6.14. The van der Waals surface area contributed by atoms with Crippen LogP contribution in [0.15, 0.2) is 84.9 Å². The van der Waals surface area contributed by atoms with Crippen molar-refractivity contribution < 1.29 is 19.0 Å². The minimum Gasteiger partial charge on any atom is -0.489 e. The van der Waals surface area contributed by atoms with Gasteiger partial charge in [-0.3, -0.25) is 9.69 Å². The molecule has 2 heterocycles. The molecule has 2 aliphatic heterocycles. The highest BCUT2D eigenvalue weighted by molar-refractivity contribution is 6.31. The van der Waals surface area contributed by atoms with Crippen LogP contribution in [0, 0.1) is 6.92 Å². The zero-order valence-corrected chi connectivity index (χ0v) is 28.2. The molecular weight excluding hydrogens is 598 g/mol. The third kappa shape index (κ3) is 8.02. The Morgan fingerprint density at radius 3 is 2.33 bits per heavy atom. The number of carbonyl (C=O) groups excluding carboxylic acids is 1. The number of rotatable bonds is 8. The summed E-state index contributed by atoms with van der Waals surface area (Å²) in [4.78, 5) is 14.8. The van der Waals surface area contributed by atoms with E-state index in [-0.39, 0.29) is 24.1 Å². The molecule has 0 spiro atoms. The summed E-state index contributed by atoms with van der Waals surface area (Å²) in [7, 11) is 1.50. The van der Waals surface area contributed by atoms with Crippen LogP contribution in [0.1, 0.15) is 72.7 Å². The number of fused-ring (bicyclic) bond motifs is 2. The van der Waals surface area contributed by atoms with Crippen LogP contribution in [-0.4, -0.2) is 30.5 Å². The van der Waals surface area contributed by atoms with Crippen molar-refractivity contribution in [3.63, 3.8) is 0 Å². The molecule has 46 heavy (non-hydrogen) atoms. The first-order valence-corrected chi connectivity index (χ1v) is 16.4. The van der Waals surface area contributed by atoms with E-state index in [1.165, 1.54) is 12.6 Å². The molecular formula is C38H46ClN3O4. The van der Waals surface area contributed by atoms with E-state index in [0.717, 1.165) is 45.0 Å². The summed E-state index contributed by atoms with van der Waals surface area (Å²) in [5.74, 6) is 1.88. The molecule has 0 radical (unpaired) electrons. The summed E-state index contributed by atoms with van der Waals surface area (Å²) >= 11 is 6.25. The second-order valence-electron chi connectivity index (χ2n) is 11.1. The number of ether oxygens (including phenoxy) is 3. The van der Waals surface area contributed by atoms with Crippen molar-refractivity contribution in [3.05, 3.63) is 123 Å². The van der Waals surface area contributed by atoms with Crippen LogP contribution in [0.3, 0.4) is 0 Å². The van der Waals surface area contributed by atoms with Crippen LogP contribution in [0.25, 0.3) is 0 Å². The Morgan fingerprint density at radius 1 is 0.978 bits per heavy atom. The van der Waals surface area contributed by atoms with Crippen LogP contribution < -0.4 is 25.7 Å². The van der Waals surface area contributed by atoms with Gasteiger partial charge in [-0.05, 0) is 90.5 Å². The van der Waals surface area contributed by atoms with Crippen molar-refractivity contribution in [2.75, 3.05) is 13.7 Å². The summed E-state index contributed by atoms with van der Waals surface area (Å²) in [6, 6.07) is 28.0. The molecule has 0 saturated carbocycles. The quantitative estimate of drug-likeness (QED) is 0.204. The highest BCUT2D eigenvalue weighted by Gasteiger charge is 2.36. The number of hydrogen-bond acceptors (Lipinski definition) is 6. The molecule has 0 fully saturated rings. The summed E-state index contributed by atoms with van der Waals surface area (Å²) in [5, 5.41) is 0.740. The molecule has 3 atom stereocenters. The van der Waals surface area contributed by atoms with Gasteiger partial charge >= 0.3 is 0 Å². The third-order valence-electron chi connectivity index (χ3n) is 8.29. The standard InChI is InChI=1S/C35H35ClN2O4.C2H6.CH5N/c1-3-30(24-7-5-4-6-8-24)38-19-27-18-33-32(17-26(27)16-31(38)35(37)39)41-21-34(42-33)25-11-13-28(14-12-25)40-20-23-10-9-22(2)29(36)15-23;2*1-2/h4-15,17-18,30-31,34H,3,16,19-21H2,1-2H3,(H2,37,39);1-2H3;2H2,1H3. The average molecular weight is 644 g/mol. The number of halogens is 1. The summed E-state index contributed by atoms with van der Waals surface area (Å²) in [6.45, 7) is 9.57. The highest BCUT2D eigenvalue weighted by atomic mass is 35.5. The van der Waals surface area contributed by atoms with Gasteiger partial charge in [-0.15, -0.1) is 0 Å². The van der Waals surface area contributed by atoms with Crippen molar-refractivity contribution in [3.8, 4) is 17.2 Å². The van der Waals surface area contributed by atoms with Gasteiger partial charge in [0.15, 0.2) is 17.6 Å². The van der Waals surface area contributed by atoms with E-state index in [4.69, 9.17) is 31.5 Å². The van der Waals surface area contributed by atoms with Crippen LogP contribution in [-0.2, 0) is 24.4 Å². The van der Waals surface area contributed by atoms with Crippen molar-refractivity contribution in [1.29, 1.82) is 0 Å². The Kier molecular flexibility index (Phi) is 12.5. The lowest BCUT2D eigenvalue weighted by Crippen LogP contribution is -2.49. The second kappa shape index (κ2) is 16.5. The van der Waals surface area contributed by atoms with Crippen molar-refractivity contribution in [2.24, 2.45) is 11.5 Å². The maximum Gasteiger partial charge on any atom is 0.235 e. The van der Waals surface area contributed by atoms with Crippen LogP contribution in [0.5, 0.6) is 17.2 Å². The summed E-state index contributed by atoms with van der Waals surface area (Å²) < 4.78 is 18.6. The van der Waals surface area contributed by atoms with E-state index in [1.807, 2.05) is 87.5 Å². The van der Waals surface area contributed by atoms with E-state index in [1.54, 1.807) is 0 Å². The number of primary amides is 1. The second-order valence-corrected chi connectivity index (χ2v) is 11.5. The van der Waals surface area contributed by atoms with Crippen LogP contribution in [0.4, 0.5) is 0 Å². The molecule has 2 aliphatic rings. The molecule has 1 amide bonds. The van der Waals surface area contributed by atoms with Gasteiger partial charge in [-0.25, -0.2) is 0 Å². The SMILES string of the molecule is CC.CCC(c1ccccc1)N1Cc2cc3c(cc2CC1C(N)=O)OCC(c1ccc(OCc2ccc(C)c(Cl)c2)cc1)O3.CN. The monoisotopic (exact) mass is 643 g/mol. The van der Waals surface area contributed by atoms with Gasteiger partial charge in [0.05, 0.1) is 6.04 Å². The number of nitrogens with two attached hydrogens (primary N) is 2. The fraction of sp³-hybridized carbons (Fsp3) is 0.342.